The number of nitrogens with one attached hydrogen (secondary N) is 1. The molecule has 0 saturated carbocycles. The van der Waals surface area contributed by atoms with Crippen molar-refractivity contribution in [3.05, 3.63) is 58.6 Å². The molecule has 0 bridgehead atoms. The molecule has 2 aromatic carbocycles. The molecular formula is C20H24ClNO3S. The summed E-state index contributed by atoms with van der Waals surface area (Å²) in [6.45, 7) is 2.04. The zero-order valence-electron chi connectivity index (χ0n) is 15.3. The zero-order valence-corrected chi connectivity index (χ0v) is 16.8. The van der Waals surface area contributed by atoms with E-state index >= 15 is 0 Å². The van der Waals surface area contributed by atoms with Gasteiger partial charge in [-0.05, 0) is 35.7 Å². The molecule has 0 aromatic heterocycles. The number of carbonyl (C=O) groups is 1. The molecule has 0 aliphatic heterocycles. The van der Waals surface area contributed by atoms with Crippen molar-refractivity contribution in [1.29, 1.82) is 0 Å². The molecule has 1 amide bonds. The first-order valence-corrected chi connectivity index (χ1v) is 9.94. The van der Waals surface area contributed by atoms with Crippen LogP contribution in [0.25, 0.3) is 0 Å². The number of carbonyl (C=O) groups excluding carboxylic acids is 1. The minimum absolute atomic E-state index is 0.00342. The number of thioether (sulfide) groups is 1. The summed E-state index contributed by atoms with van der Waals surface area (Å²) in [6, 6.07) is 13.3. The Labute approximate surface area is 164 Å². The van der Waals surface area contributed by atoms with Gasteiger partial charge < -0.3 is 14.8 Å². The van der Waals surface area contributed by atoms with Crippen molar-refractivity contribution in [1.82, 2.24) is 5.32 Å². The summed E-state index contributed by atoms with van der Waals surface area (Å²) in [6.07, 6.45) is 0.788. The van der Waals surface area contributed by atoms with Gasteiger partial charge in [0.25, 0.3) is 0 Å². The quantitative estimate of drug-likeness (QED) is 0.661. The Kier molecular flexibility index (Phi) is 8.13. The number of hydrogen-bond donors (Lipinski definition) is 1. The maximum absolute atomic E-state index is 12.3. The SMILES string of the molecule is CC[C@@H](NC(=O)CSCc1ccccc1Cl)c1ccc(OC)c(OC)c1. The Morgan fingerprint density at radius 3 is 2.54 bits per heavy atom. The molecule has 6 heteroatoms. The molecule has 140 valence electrons. The number of rotatable bonds is 9. The van der Waals surface area contributed by atoms with Crippen molar-refractivity contribution in [2.45, 2.75) is 25.1 Å². The van der Waals surface area contributed by atoms with Crippen LogP contribution < -0.4 is 14.8 Å². The van der Waals surface area contributed by atoms with E-state index in [9.17, 15) is 4.79 Å². The minimum atomic E-state index is -0.0665. The van der Waals surface area contributed by atoms with E-state index in [1.54, 1.807) is 26.0 Å². The van der Waals surface area contributed by atoms with Gasteiger partial charge in [-0.15, -0.1) is 11.8 Å². The van der Waals surface area contributed by atoms with Crippen molar-refractivity contribution in [2.75, 3.05) is 20.0 Å². The van der Waals surface area contributed by atoms with Crippen LogP contribution in [0.3, 0.4) is 0 Å². The second kappa shape index (κ2) is 10.3. The summed E-state index contributed by atoms with van der Waals surface area (Å²) in [5.41, 5.74) is 2.04. The van der Waals surface area contributed by atoms with Crippen molar-refractivity contribution >= 4 is 29.3 Å². The molecule has 0 aliphatic rings. The smallest absolute Gasteiger partial charge is 0.230 e. The monoisotopic (exact) mass is 393 g/mol. The van der Waals surface area contributed by atoms with Crippen LogP contribution >= 0.6 is 23.4 Å². The van der Waals surface area contributed by atoms with Crippen LogP contribution in [0.1, 0.15) is 30.5 Å². The van der Waals surface area contributed by atoms with Gasteiger partial charge in [0.15, 0.2) is 11.5 Å². The second-order valence-corrected chi connectivity index (χ2v) is 7.12. The average molecular weight is 394 g/mol. The highest BCUT2D eigenvalue weighted by molar-refractivity contribution is 7.99. The van der Waals surface area contributed by atoms with Crippen LogP contribution in [0.2, 0.25) is 5.02 Å². The predicted octanol–water partition coefficient (Wildman–Crippen LogP) is 4.86. The lowest BCUT2D eigenvalue weighted by Crippen LogP contribution is -2.29. The maximum atomic E-state index is 12.3. The number of benzene rings is 2. The molecule has 2 rings (SSSR count). The Balaban J connectivity index is 1.92. The summed E-state index contributed by atoms with van der Waals surface area (Å²) in [5, 5.41) is 3.82. The van der Waals surface area contributed by atoms with E-state index in [0.717, 1.165) is 22.6 Å². The largest absolute Gasteiger partial charge is 0.493 e. The molecule has 1 atom stereocenters. The van der Waals surface area contributed by atoms with Crippen LogP contribution in [-0.2, 0) is 10.5 Å². The van der Waals surface area contributed by atoms with Gasteiger partial charge in [0.1, 0.15) is 0 Å². The van der Waals surface area contributed by atoms with Crippen LogP contribution in [0, 0.1) is 0 Å². The van der Waals surface area contributed by atoms with Gasteiger partial charge in [-0.2, -0.15) is 0 Å². The second-order valence-electron chi connectivity index (χ2n) is 5.73. The summed E-state index contributed by atoms with van der Waals surface area (Å²) in [7, 11) is 3.21. The lowest BCUT2D eigenvalue weighted by Gasteiger charge is -2.19. The molecule has 0 aliphatic carbocycles. The number of hydrogen-bond acceptors (Lipinski definition) is 4. The molecule has 0 fully saturated rings. The van der Waals surface area contributed by atoms with Crippen molar-refractivity contribution < 1.29 is 14.3 Å². The highest BCUT2D eigenvalue weighted by Crippen LogP contribution is 2.31. The third kappa shape index (κ3) is 5.58. The molecule has 2 aromatic rings. The Hall–Kier alpha value is -1.85. The topological polar surface area (TPSA) is 47.6 Å². The first-order chi connectivity index (χ1) is 12.6. The molecular weight excluding hydrogens is 370 g/mol. The summed E-state index contributed by atoms with van der Waals surface area (Å²) < 4.78 is 10.6. The zero-order chi connectivity index (χ0) is 18.9. The van der Waals surface area contributed by atoms with Crippen LogP contribution in [0.5, 0.6) is 11.5 Å². The molecule has 0 unspecified atom stereocenters. The Morgan fingerprint density at radius 2 is 1.88 bits per heavy atom. The van der Waals surface area contributed by atoms with Crippen LogP contribution in [0.15, 0.2) is 42.5 Å². The van der Waals surface area contributed by atoms with Crippen molar-refractivity contribution in [3.63, 3.8) is 0 Å². The van der Waals surface area contributed by atoms with Crippen molar-refractivity contribution in [3.8, 4) is 11.5 Å². The third-order valence-electron chi connectivity index (χ3n) is 4.00. The van der Waals surface area contributed by atoms with E-state index in [1.807, 2.05) is 49.4 Å². The summed E-state index contributed by atoms with van der Waals surface area (Å²) in [4.78, 5) is 12.3. The summed E-state index contributed by atoms with van der Waals surface area (Å²) >= 11 is 7.69. The van der Waals surface area contributed by atoms with E-state index in [-0.39, 0.29) is 11.9 Å². The number of halogens is 1. The third-order valence-corrected chi connectivity index (χ3v) is 5.35. The fourth-order valence-corrected chi connectivity index (χ4v) is 3.72. The average Bonchev–Trinajstić information content (AvgIpc) is 2.67. The molecule has 0 heterocycles. The predicted molar refractivity (Wildman–Crippen MR) is 108 cm³/mol. The molecule has 0 spiro atoms. The number of methoxy groups -OCH3 is 2. The molecule has 1 N–H and O–H groups in total. The molecule has 0 radical (unpaired) electrons. The highest BCUT2D eigenvalue weighted by Gasteiger charge is 2.15. The lowest BCUT2D eigenvalue weighted by molar-refractivity contribution is -0.119. The number of ether oxygens (including phenoxy) is 2. The summed E-state index contributed by atoms with van der Waals surface area (Å²) in [5.74, 6) is 2.43. The van der Waals surface area contributed by atoms with Gasteiger partial charge in [-0.3, -0.25) is 4.79 Å². The molecule has 26 heavy (non-hydrogen) atoms. The van der Waals surface area contributed by atoms with Crippen LogP contribution in [0.4, 0.5) is 0 Å². The van der Waals surface area contributed by atoms with Crippen molar-refractivity contribution in [2.24, 2.45) is 0 Å². The Bertz CT molecular complexity index is 739. The standard InChI is InChI=1S/C20H24ClNO3S/c1-4-17(14-9-10-18(24-2)19(11-14)25-3)22-20(23)13-26-12-15-7-5-6-8-16(15)21/h5-11,17H,4,12-13H2,1-3H3,(H,22,23)/t17-/m1/s1. The van der Waals surface area contributed by atoms with E-state index in [0.29, 0.717) is 23.0 Å². The van der Waals surface area contributed by atoms with Gasteiger partial charge in [-0.25, -0.2) is 0 Å². The van der Waals surface area contributed by atoms with E-state index in [2.05, 4.69) is 5.32 Å². The Morgan fingerprint density at radius 1 is 1.15 bits per heavy atom. The minimum Gasteiger partial charge on any atom is -0.493 e. The van der Waals surface area contributed by atoms with E-state index < -0.39 is 0 Å². The van der Waals surface area contributed by atoms with E-state index in [1.165, 1.54) is 0 Å². The van der Waals surface area contributed by atoms with Gasteiger partial charge in [0.2, 0.25) is 5.91 Å². The van der Waals surface area contributed by atoms with Gasteiger partial charge >= 0.3 is 0 Å². The van der Waals surface area contributed by atoms with Crippen LogP contribution in [-0.4, -0.2) is 25.9 Å². The lowest BCUT2D eigenvalue weighted by atomic mass is 10.0. The van der Waals surface area contributed by atoms with Gasteiger partial charge in [-0.1, -0.05) is 42.8 Å². The highest BCUT2D eigenvalue weighted by atomic mass is 35.5. The molecule has 4 nitrogen and oxygen atoms in total. The first kappa shape index (κ1) is 20.5. The molecule has 0 saturated heterocycles. The fourth-order valence-electron chi connectivity index (χ4n) is 2.60. The first-order valence-electron chi connectivity index (χ1n) is 8.41. The van der Waals surface area contributed by atoms with Gasteiger partial charge in [0.05, 0.1) is 26.0 Å². The maximum Gasteiger partial charge on any atom is 0.230 e. The van der Waals surface area contributed by atoms with E-state index in [4.69, 9.17) is 21.1 Å². The number of amides is 1. The van der Waals surface area contributed by atoms with Gasteiger partial charge in [0, 0.05) is 10.8 Å². The fraction of sp³-hybridized carbons (Fsp3) is 0.350. The normalized spacial score (nSPS) is 11.7.